The molecule has 1 saturated carbocycles. The number of methoxy groups -OCH3 is 3. The van der Waals surface area contributed by atoms with Crippen molar-refractivity contribution in [2.45, 2.75) is 37.1 Å². The molecule has 1 aliphatic heterocycles. The number of ether oxygens (including phenoxy) is 3. The Labute approximate surface area is 199 Å². The van der Waals surface area contributed by atoms with Gasteiger partial charge < -0.3 is 24.4 Å². The van der Waals surface area contributed by atoms with E-state index in [0.29, 0.717) is 11.7 Å². The maximum Gasteiger partial charge on any atom is 0.339 e. The second kappa shape index (κ2) is 9.70. The number of likely N-dealkylation sites (tertiary alicyclic amines) is 1. The lowest BCUT2D eigenvalue weighted by Crippen LogP contribution is -2.46. The van der Waals surface area contributed by atoms with Gasteiger partial charge in [0.15, 0.2) is 11.5 Å². The average Bonchev–Trinajstić information content (AvgIpc) is 3.19. The van der Waals surface area contributed by atoms with Gasteiger partial charge in [0.1, 0.15) is 5.75 Å². The molecule has 1 aliphatic carbocycles. The van der Waals surface area contributed by atoms with Crippen molar-refractivity contribution >= 4 is 17.4 Å². The molecule has 0 bridgehead atoms. The van der Waals surface area contributed by atoms with Gasteiger partial charge in [0.05, 0.1) is 21.3 Å². The van der Waals surface area contributed by atoms with Gasteiger partial charge in [-0.15, -0.1) is 0 Å². The Morgan fingerprint density at radius 1 is 1.06 bits per heavy atom. The Hall–Kier alpha value is -3.26. The summed E-state index contributed by atoms with van der Waals surface area (Å²) in [5, 5.41) is 7.25. The van der Waals surface area contributed by atoms with Crippen LogP contribution in [0.15, 0.2) is 47.6 Å². The van der Waals surface area contributed by atoms with Crippen molar-refractivity contribution in [2.24, 2.45) is 5.10 Å². The summed E-state index contributed by atoms with van der Waals surface area (Å²) in [4.78, 5) is 14.7. The quantitative estimate of drug-likeness (QED) is 0.610. The van der Waals surface area contributed by atoms with E-state index in [4.69, 9.17) is 14.2 Å². The molecule has 2 amide bonds. The number of anilines is 1. The number of urea groups is 1. The molecule has 0 unspecified atom stereocenters. The predicted octanol–water partition coefficient (Wildman–Crippen LogP) is 4.75. The van der Waals surface area contributed by atoms with Gasteiger partial charge in [-0.1, -0.05) is 6.07 Å². The Bertz CT molecular complexity index is 1040. The molecule has 33 heavy (non-hydrogen) atoms. The number of nitrogens with zero attached hydrogens (tertiary/aromatic N) is 2. The molecule has 1 heterocycles. The van der Waals surface area contributed by atoms with Crippen LogP contribution in [0.25, 0.3) is 0 Å². The predicted molar refractivity (Wildman–Crippen MR) is 135 cm³/mol. The monoisotopic (exact) mass is 458 g/mol. The summed E-state index contributed by atoms with van der Waals surface area (Å²) in [7, 11) is 7.10. The third-order valence-corrected chi connectivity index (χ3v) is 6.99. The normalized spacial score (nSPS) is 23.6. The van der Waals surface area contributed by atoms with Crippen molar-refractivity contribution in [1.82, 2.24) is 10.3 Å². The highest BCUT2D eigenvalue weighted by molar-refractivity contribution is 5.92. The maximum absolute atomic E-state index is 12.3. The van der Waals surface area contributed by atoms with Gasteiger partial charge >= 0.3 is 6.03 Å². The molecule has 2 aliphatic rings. The summed E-state index contributed by atoms with van der Waals surface area (Å²) in [5.41, 5.74) is 5.67. The Balaban J connectivity index is 0.00000216. The van der Waals surface area contributed by atoms with Crippen LogP contribution in [0.1, 0.15) is 35.5 Å². The van der Waals surface area contributed by atoms with E-state index in [2.05, 4.69) is 39.9 Å². The van der Waals surface area contributed by atoms with Crippen LogP contribution in [-0.2, 0) is 5.41 Å². The van der Waals surface area contributed by atoms with Crippen LogP contribution in [-0.4, -0.2) is 57.6 Å². The fourth-order valence-corrected chi connectivity index (χ4v) is 5.15. The fraction of sp³-hybridized carbons (Fsp3) is 0.440. The van der Waals surface area contributed by atoms with Gasteiger partial charge in [0.2, 0.25) is 0 Å². The lowest BCUT2D eigenvalue weighted by atomic mass is 9.65. The minimum Gasteiger partial charge on any atom is -0.497 e. The largest absolute Gasteiger partial charge is 0.497 e. The molecular weight excluding hydrogens is 420 g/mol. The zero-order valence-electron chi connectivity index (χ0n) is 19.7. The van der Waals surface area contributed by atoms with Gasteiger partial charge in [0, 0.05) is 33.6 Å². The van der Waals surface area contributed by atoms with Gasteiger partial charge in [-0.2, -0.15) is 5.10 Å². The van der Waals surface area contributed by atoms with Crippen LogP contribution in [0.2, 0.25) is 0 Å². The number of hydrogen-bond acceptors (Lipinski definition) is 6. The number of hydrogen-bond donors (Lipinski definition) is 2. The minimum atomic E-state index is -0.357. The van der Waals surface area contributed by atoms with Crippen LogP contribution in [0.3, 0.4) is 0 Å². The van der Waals surface area contributed by atoms with E-state index in [1.165, 1.54) is 5.56 Å². The number of hydrazone groups is 1. The lowest BCUT2D eigenvalue weighted by molar-refractivity contribution is 0.225. The van der Waals surface area contributed by atoms with E-state index in [9.17, 15) is 4.79 Å². The highest BCUT2D eigenvalue weighted by atomic mass is 16.5. The highest BCUT2D eigenvalue weighted by Crippen LogP contribution is 2.49. The number of rotatable bonds is 6. The summed E-state index contributed by atoms with van der Waals surface area (Å²) in [5.74, 6) is 2.24. The third kappa shape index (κ3) is 4.61. The fourth-order valence-electron chi connectivity index (χ4n) is 5.15. The lowest BCUT2D eigenvalue weighted by Gasteiger charge is -2.42. The zero-order valence-corrected chi connectivity index (χ0v) is 19.7. The Kier molecular flexibility index (Phi) is 6.74. The van der Waals surface area contributed by atoms with Crippen LogP contribution in [0.5, 0.6) is 17.2 Å². The topological polar surface area (TPSA) is 84.4 Å². The van der Waals surface area contributed by atoms with E-state index < -0.39 is 0 Å². The number of likely N-dealkylation sites (N-methyl/N-ethyl adjacent to an activating group) is 1. The number of benzene rings is 2. The third-order valence-electron chi connectivity index (χ3n) is 6.99. The smallest absolute Gasteiger partial charge is 0.339 e. The van der Waals surface area contributed by atoms with Crippen LogP contribution in [0, 0.1) is 0 Å². The van der Waals surface area contributed by atoms with Crippen molar-refractivity contribution in [3.8, 4) is 17.2 Å². The molecule has 0 spiro atoms. The number of fused-ring (bicyclic) bond motifs is 1. The Morgan fingerprint density at radius 2 is 1.82 bits per heavy atom. The van der Waals surface area contributed by atoms with Gasteiger partial charge in [-0.3, -0.25) is 0 Å². The molecule has 2 aromatic carbocycles. The standard InChI is InChI=1S/C25H32N4O4.3H2/c1-29-14-13-25(17-5-10-21(32-3)22(15-17)33-4)12-11-19(16-23(25)29)27-28-24(30)26-18-6-8-20(31-2)9-7-18;;;/h5-10,15,23H,11-14,16H2,1-4H3,(H2,26,28,30);3*1H/b27-19+;;;/t23-,25-;;;/m0.../s1. The first kappa shape index (κ1) is 22.9. The first-order chi connectivity index (χ1) is 16.0. The molecule has 0 radical (unpaired) electrons. The van der Waals surface area contributed by atoms with Crippen LogP contribution < -0.4 is 25.0 Å². The Morgan fingerprint density at radius 3 is 2.52 bits per heavy atom. The summed E-state index contributed by atoms with van der Waals surface area (Å²) >= 11 is 0. The summed E-state index contributed by atoms with van der Waals surface area (Å²) < 4.78 is 16.1. The second-order valence-corrected chi connectivity index (χ2v) is 8.65. The van der Waals surface area contributed by atoms with Crippen molar-refractivity contribution < 1.29 is 23.3 Å². The highest BCUT2D eigenvalue weighted by Gasteiger charge is 2.49. The van der Waals surface area contributed by atoms with Gasteiger partial charge in [-0.25, -0.2) is 10.2 Å². The number of carbonyl (C=O) groups is 1. The van der Waals surface area contributed by atoms with E-state index in [-0.39, 0.29) is 15.7 Å². The number of amides is 2. The summed E-state index contributed by atoms with van der Waals surface area (Å²) in [6, 6.07) is 13.4. The minimum absolute atomic E-state index is 0. The maximum atomic E-state index is 12.3. The van der Waals surface area contributed by atoms with E-state index in [1.54, 1.807) is 45.6 Å². The second-order valence-electron chi connectivity index (χ2n) is 8.65. The first-order valence-electron chi connectivity index (χ1n) is 11.2. The van der Waals surface area contributed by atoms with E-state index in [1.807, 2.05) is 6.07 Å². The molecule has 2 atom stereocenters. The summed E-state index contributed by atoms with van der Waals surface area (Å²) in [6.07, 6.45) is 3.70. The SMILES string of the molecule is COc1ccc(NC(=O)N/N=C2\CC[C@@]3(c4ccc(OC)c(OC)c4)CCN(C)[C@H]3C2)cc1.[HH].[HH].[HH]. The number of carbonyl (C=O) groups excluding carboxylic acids is 1. The van der Waals surface area contributed by atoms with E-state index in [0.717, 1.165) is 55.2 Å². The first-order valence-corrected chi connectivity index (χ1v) is 11.2. The van der Waals surface area contributed by atoms with Crippen molar-refractivity contribution in [2.75, 3.05) is 40.2 Å². The summed E-state index contributed by atoms with van der Waals surface area (Å²) in [6.45, 7) is 1.03. The molecule has 8 heteroatoms. The number of nitrogens with one attached hydrogen (secondary N) is 2. The molecule has 2 N–H and O–H groups in total. The zero-order chi connectivity index (χ0) is 23.4. The van der Waals surface area contributed by atoms with Gasteiger partial charge in [0.25, 0.3) is 0 Å². The molecule has 8 nitrogen and oxygen atoms in total. The molecule has 4 rings (SSSR count). The molecule has 1 saturated heterocycles. The molecular formula is C25H38N4O4. The van der Waals surface area contributed by atoms with Crippen molar-refractivity contribution in [3.63, 3.8) is 0 Å². The average molecular weight is 459 g/mol. The molecule has 0 aromatic heterocycles. The van der Waals surface area contributed by atoms with Crippen LogP contribution in [0.4, 0.5) is 10.5 Å². The molecule has 182 valence electrons. The van der Waals surface area contributed by atoms with Crippen molar-refractivity contribution in [3.05, 3.63) is 48.0 Å². The van der Waals surface area contributed by atoms with Crippen molar-refractivity contribution in [1.29, 1.82) is 0 Å². The molecule has 2 aromatic rings. The van der Waals surface area contributed by atoms with E-state index >= 15 is 0 Å². The molecule has 2 fully saturated rings. The van der Waals surface area contributed by atoms with Crippen LogP contribution >= 0.6 is 0 Å². The van der Waals surface area contributed by atoms with Gasteiger partial charge in [-0.05, 0) is 74.8 Å².